The molecule has 0 aliphatic carbocycles. The van der Waals surface area contributed by atoms with E-state index < -0.39 is 5.69 Å². The van der Waals surface area contributed by atoms with Crippen molar-refractivity contribution in [2.24, 2.45) is 20.0 Å². The molecule has 0 bridgehead atoms. The minimum Gasteiger partial charge on any atom is -0.280 e. The van der Waals surface area contributed by atoms with Crippen LogP contribution in [0.4, 0.5) is 0 Å². The van der Waals surface area contributed by atoms with E-state index in [4.69, 9.17) is 11.6 Å². The molecule has 0 N–H and O–H groups in total. The van der Waals surface area contributed by atoms with Gasteiger partial charge in [0.25, 0.3) is 5.56 Å². The van der Waals surface area contributed by atoms with Gasteiger partial charge >= 0.3 is 5.69 Å². The van der Waals surface area contributed by atoms with Gasteiger partial charge in [-0.05, 0) is 30.2 Å². The van der Waals surface area contributed by atoms with Crippen LogP contribution in [-0.4, -0.2) is 24.9 Å². The van der Waals surface area contributed by atoms with Crippen molar-refractivity contribution in [2.45, 2.75) is 25.3 Å². The minimum absolute atomic E-state index is 0.333. The summed E-state index contributed by atoms with van der Waals surface area (Å²) in [5.74, 6) is 1.82. The Balaban J connectivity index is 2.28. The number of hydrogen-bond acceptors (Lipinski definition) is 5. The molecule has 0 aliphatic rings. The monoisotopic (exact) mass is 404 g/mol. The van der Waals surface area contributed by atoms with Crippen molar-refractivity contribution in [1.29, 1.82) is 0 Å². The van der Waals surface area contributed by atoms with Crippen molar-refractivity contribution >= 4 is 34.4 Å². The van der Waals surface area contributed by atoms with E-state index in [0.29, 0.717) is 32.8 Å². The summed E-state index contributed by atoms with van der Waals surface area (Å²) in [4.78, 5) is 34.3. The van der Waals surface area contributed by atoms with Gasteiger partial charge in [0.1, 0.15) is 10.4 Å². The van der Waals surface area contributed by atoms with Gasteiger partial charge in [-0.25, -0.2) is 14.8 Å². The summed E-state index contributed by atoms with van der Waals surface area (Å²) in [6.45, 7) is 4.30. The van der Waals surface area contributed by atoms with Crippen LogP contribution in [0.2, 0.25) is 5.02 Å². The van der Waals surface area contributed by atoms with E-state index in [0.717, 1.165) is 22.3 Å². The number of nitrogens with zero attached hydrogens (tertiary/aromatic N) is 4. The van der Waals surface area contributed by atoms with Crippen LogP contribution in [-0.2, 0) is 14.1 Å². The van der Waals surface area contributed by atoms with Gasteiger partial charge in [0.05, 0.1) is 0 Å². The molecule has 0 aliphatic heterocycles. The molecule has 3 rings (SSSR count). The van der Waals surface area contributed by atoms with E-state index in [-0.39, 0.29) is 5.56 Å². The third kappa shape index (κ3) is 3.94. The van der Waals surface area contributed by atoms with E-state index in [1.54, 1.807) is 19.2 Å². The molecule has 0 saturated heterocycles. The van der Waals surface area contributed by atoms with Gasteiger partial charge in [-0.15, -0.1) is 11.8 Å². The lowest BCUT2D eigenvalue weighted by atomic mass is 10.2. The lowest BCUT2D eigenvalue weighted by Gasteiger charge is -2.12. The number of benzene rings is 1. The van der Waals surface area contributed by atoms with Crippen molar-refractivity contribution in [3.05, 3.63) is 50.1 Å². The second kappa shape index (κ2) is 7.86. The van der Waals surface area contributed by atoms with Crippen molar-refractivity contribution in [3.8, 4) is 11.4 Å². The standard InChI is InChI=1S/C19H21ClN4O2S/c1-11(2)8-9-27-17-14-16(23(3)19(26)24(4)18(14)25)21-15(22-17)12-6-5-7-13(20)10-12/h5-7,10-11H,8-9H2,1-4H3. The van der Waals surface area contributed by atoms with Crippen LogP contribution in [0, 0.1) is 5.92 Å². The molecule has 0 saturated carbocycles. The molecule has 8 heteroatoms. The third-order valence-electron chi connectivity index (χ3n) is 4.28. The number of aryl methyl sites for hydroxylation is 1. The molecular weight excluding hydrogens is 384 g/mol. The number of aromatic nitrogens is 4. The lowest BCUT2D eigenvalue weighted by molar-refractivity contribution is 0.632. The first-order valence-corrected chi connectivity index (χ1v) is 10.0. The first-order valence-electron chi connectivity index (χ1n) is 8.66. The zero-order valence-corrected chi connectivity index (χ0v) is 17.3. The summed E-state index contributed by atoms with van der Waals surface area (Å²) in [5.41, 5.74) is 0.280. The van der Waals surface area contributed by atoms with Crippen molar-refractivity contribution < 1.29 is 0 Å². The molecule has 3 aromatic rings. The highest BCUT2D eigenvalue weighted by Crippen LogP contribution is 2.28. The average Bonchev–Trinajstić information content (AvgIpc) is 2.63. The fourth-order valence-electron chi connectivity index (χ4n) is 2.68. The molecular formula is C19H21ClN4O2S. The summed E-state index contributed by atoms with van der Waals surface area (Å²) < 4.78 is 2.48. The highest BCUT2D eigenvalue weighted by Gasteiger charge is 2.18. The van der Waals surface area contributed by atoms with Crippen molar-refractivity contribution in [1.82, 2.24) is 19.1 Å². The average molecular weight is 405 g/mol. The van der Waals surface area contributed by atoms with Gasteiger partial charge in [0, 0.05) is 24.7 Å². The topological polar surface area (TPSA) is 69.8 Å². The van der Waals surface area contributed by atoms with Gasteiger partial charge in [-0.3, -0.25) is 13.9 Å². The molecule has 1 aromatic carbocycles. The molecule has 27 heavy (non-hydrogen) atoms. The smallest absolute Gasteiger partial charge is 0.280 e. The van der Waals surface area contributed by atoms with Crippen LogP contribution in [0.1, 0.15) is 20.3 Å². The summed E-state index contributed by atoms with van der Waals surface area (Å²) in [5, 5.41) is 1.54. The number of hydrogen-bond donors (Lipinski definition) is 0. The Kier molecular flexibility index (Phi) is 5.72. The maximum absolute atomic E-state index is 12.8. The van der Waals surface area contributed by atoms with Gasteiger partial charge in [-0.2, -0.15) is 0 Å². The van der Waals surface area contributed by atoms with E-state index >= 15 is 0 Å². The van der Waals surface area contributed by atoms with E-state index in [9.17, 15) is 9.59 Å². The molecule has 6 nitrogen and oxygen atoms in total. The fraction of sp³-hybridized carbons (Fsp3) is 0.368. The lowest BCUT2D eigenvalue weighted by Crippen LogP contribution is -2.37. The molecule has 0 fully saturated rings. The molecule has 0 unspecified atom stereocenters. The Bertz CT molecular complexity index is 1120. The maximum Gasteiger partial charge on any atom is 0.332 e. The highest BCUT2D eigenvalue weighted by molar-refractivity contribution is 7.99. The minimum atomic E-state index is -0.415. The summed E-state index contributed by atoms with van der Waals surface area (Å²) >= 11 is 7.62. The molecule has 0 atom stereocenters. The van der Waals surface area contributed by atoms with E-state index in [1.165, 1.54) is 23.4 Å². The van der Waals surface area contributed by atoms with Gasteiger partial charge < -0.3 is 0 Å². The second-order valence-electron chi connectivity index (χ2n) is 6.80. The molecule has 0 radical (unpaired) electrons. The predicted molar refractivity (Wildman–Crippen MR) is 111 cm³/mol. The number of rotatable bonds is 5. The first-order chi connectivity index (χ1) is 12.8. The Labute approximate surface area is 166 Å². The fourth-order valence-corrected chi connectivity index (χ4v) is 4.13. The van der Waals surface area contributed by atoms with Crippen LogP contribution in [0.3, 0.4) is 0 Å². The van der Waals surface area contributed by atoms with Crippen LogP contribution < -0.4 is 11.2 Å². The van der Waals surface area contributed by atoms with Crippen LogP contribution in [0.5, 0.6) is 0 Å². The number of halogens is 1. The van der Waals surface area contributed by atoms with Crippen LogP contribution >= 0.6 is 23.4 Å². The van der Waals surface area contributed by atoms with Crippen LogP contribution in [0.25, 0.3) is 22.4 Å². The maximum atomic E-state index is 12.8. The van der Waals surface area contributed by atoms with Crippen LogP contribution in [0.15, 0.2) is 38.9 Å². The Morgan fingerprint density at radius 3 is 2.56 bits per heavy atom. The molecule has 2 heterocycles. The van der Waals surface area contributed by atoms with Gasteiger partial charge in [0.15, 0.2) is 11.5 Å². The number of fused-ring (bicyclic) bond motifs is 1. The Morgan fingerprint density at radius 1 is 1.15 bits per heavy atom. The quantitative estimate of drug-likeness (QED) is 0.481. The second-order valence-corrected chi connectivity index (χ2v) is 8.32. The summed E-state index contributed by atoms with van der Waals surface area (Å²) in [6, 6.07) is 7.22. The predicted octanol–water partition coefficient (Wildman–Crippen LogP) is 3.49. The zero-order valence-electron chi connectivity index (χ0n) is 15.7. The third-order valence-corrected chi connectivity index (χ3v) is 5.53. The SMILES string of the molecule is CC(C)CCSc1nc(-c2cccc(Cl)c2)nc2c1c(=O)n(C)c(=O)n2C. The van der Waals surface area contributed by atoms with Crippen molar-refractivity contribution in [2.75, 3.05) is 5.75 Å². The summed E-state index contributed by atoms with van der Waals surface area (Å²) in [6.07, 6.45) is 0.995. The van der Waals surface area contributed by atoms with Crippen molar-refractivity contribution in [3.63, 3.8) is 0 Å². The first kappa shape index (κ1) is 19.6. The molecule has 0 spiro atoms. The molecule has 2 aromatic heterocycles. The Morgan fingerprint density at radius 2 is 1.89 bits per heavy atom. The number of thioether (sulfide) groups is 1. The molecule has 0 amide bonds. The largest absolute Gasteiger partial charge is 0.332 e. The van der Waals surface area contributed by atoms with Gasteiger partial charge in [-0.1, -0.05) is 37.6 Å². The van der Waals surface area contributed by atoms with E-state index in [1.807, 2.05) is 12.1 Å². The zero-order chi connectivity index (χ0) is 19.7. The van der Waals surface area contributed by atoms with Gasteiger partial charge in [0.2, 0.25) is 0 Å². The normalized spacial score (nSPS) is 11.5. The summed E-state index contributed by atoms with van der Waals surface area (Å²) in [7, 11) is 3.08. The molecule has 142 valence electrons. The Hall–Kier alpha value is -2.12. The van der Waals surface area contributed by atoms with E-state index in [2.05, 4.69) is 23.8 Å². The highest BCUT2D eigenvalue weighted by atomic mass is 35.5.